The van der Waals surface area contributed by atoms with Crippen LogP contribution in [0.5, 0.6) is 0 Å². The van der Waals surface area contributed by atoms with Crippen LogP contribution in [-0.4, -0.2) is 66.7 Å². The number of aliphatic hydroxyl groups excluding tert-OH is 2. The minimum absolute atomic E-state index is 0. The van der Waals surface area contributed by atoms with E-state index in [9.17, 15) is 13.0 Å². The topological polar surface area (TPSA) is 101 Å². The van der Waals surface area contributed by atoms with Crippen molar-refractivity contribution in [2.24, 2.45) is 0 Å². The standard InChI is InChI=1S/C7H17NO5S.Na/c9-5-3-8(4-6-10)2-1-7-14(11,12)13;/h9-10H,1-7H2,(H,11,12,13);/q;+1/p-1. The van der Waals surface area contributed by atoms with Crippen molar-refractivity contribution in [1.82, 2.24) is 4.90 Å². The van der Waals surface area contributed by atoms with E-state index in [4.69, 9.17) is 10.2 Å². The Morgan fingerprint density at radius 2 is 1.53 bits per heavy atom. The summed E-state index contributed by atoms with van der Waals surface area (Å²) in [6.07, 6.45) is 0.228. The molecule has 0 rings (SSSR count). The summed E-state index contributed by atoms with van der Waals surface area (Å²) in [5.74, 6) is -0.402. The number of nitrogens with zero attached hydrogens (tertiary/aromatic N) is 1. The molecule has 0 fully saturated rings. The van der Waals surface area contributed by atoms with E-state index in [2.05, 4.69) is 0 Å². The van der Waals surface area contributed by atoms with Crippen LogP contribution in [0.2, 0.25) is 0 Å². The summed E-state index contributed by atoms with van der Waals surface area (Å²) in [6.45, 7) is 1.04. The molecule has 0 aromatic heterocycles. The van der Waals surface area contributed by atoms with Gasteiger partial charge in [0.1, 0.15) is 0 Å². The quantitative estimate of drug-likeness (QED) is 0.331. The average Bonchev–Trinajstić information content (AvgIpc) is 2.02. The first-order valence-electron chi connectivity index (χ1n) is 4.37. The van der Waals surface area contributed by atoms with E-state index in [-0.39, 0.29) is 49.2 Å². The molecule has 0 amide bonds. The van der Waals surface area contributed by atoms with Gasteiger partial charge in [-0.3, -0.25) is 4.90 Å². The van der Waals surface area contributed by atoms with Gasteiger partial charge in [-0.05, 0) is 13.0 Å². The SMILES string of the molecule is O=S(=O)([O-])CCCN(CCO)CCO.[Na+]. The van der Waals surface area contributed by atoms with Crippen molar-refractivity contribution in [3.05, 3.63) is 0 Å². The molecule has 15 heavy (non-hydrogen) atoms. The van der Waals surface area contributed by atoms with E-state index in [0.717, 1.165) is 0 Å². The molecule has 0 atom stereocenters. The maximum atomic E-state index is 10.3. The van der Waals surface area contributed by atoms with Crippen LogP contribution in [0, 0.1) is 0 Å². The molecule has 0 saturated carbocycles. The first-order chi connectivity index (χ1) is 6.49. The van der Waals surface area contributed by atoms with Gasteiger partial charge >= 0.3 is 29.6 Å². The van der Waals surface area contributed by atoms with E-state index in [0.29, 0.717) is 19.6 Å². The molecule has 0 aromatic carbocycles. The first kappa shape index (κ1) is 18.2. The Morgan fingerprint density at radius 3 is 1.87 bits per heavy atom. The molecule has 2 N–H and O–H groups in total. The minimum atomic E-state index is -4.15. The molecular weight excluding hydrogens is 233 g/mol. The maximum Gasteiger partial charge on any atom is 1.00 e. The van der Waals surface area contributed by atoms with E-state index in [1.807, 2.05) is 0 Å². The second kappa shape index (κ2) is 9.98. The van der Waals surface area contributed by atoms with Gasteiger partial charge in [0, 0.05) is 18.8 Å². The molecule has 86 valence electrons. The van der Waals surface area contributed by atoms with Crippen molar-refractivity contribution in [1.29, 1.82) is 0 Å². The molecule has 0 aliphatic carbocycles. The molecule has 0 aliphatic heterocycles. The smallest absolute Gasteiger partial charge is 0.748 e. The minimum Gasteiger partial charge on any atom is -0.748 e. The van der Waals surface area contributed by atoms with E-state index >= 15 is 0 Å². The monoisotopic (exact) mass is 249 g/mol. The Labute approximate surface area is 112 Å². The zero-order valence-electron chi connectivity index (χ0n) is 8.92. The fourth-order valence-corrected chi connectivity index (χ4v) is 1.57. The molecule has 0 heterocycles. The largest absolute Gasteiger partial charge is 1.00 e. The second-order valence-corrected chi connectivity index (χ2v) is 4.43. The van der Waals surface area contributed by atoms with Crippen LogP contribution in [0.4, 0.5) is 0 Å². The molecule has 0 spiro atoms. The van der Waals surface area contributed by atoms with Crippen molar-refractivity contribution < 1.29 is 52.7 Å². The van der Waals surface area contributed by atoms with Gasteiger partial charge in [0.05, 0.1) is 23.3 Å². The molecule has 0 unspecified atom stereocenters. The van der Waals surface area contributed by atoms with Crippen LogP contribution in [0.25, 0.3) is 0 Å². The van der Waals surface area contributed by atoms with Crippen molar-refractivity contribution in [3.8, 4) is 0 Å². The number of aliphatic hydroxyl groups is 2. The summed E-state index contributed by atoms with van der Waals surface area (Å²) >= 11 is 0. The third kappa shape index (κ3) is 12.7. The van der Waals surface area contributed by atoms with Gasteiger partial charge in [-0.1, -0.05) is 0 Å². The molecule has 0 aliphatic rings. The zero-order valence-corrected chi connectivity index (χ0v) is 11.7. The van der Waals surface area contributed by atoms with Gasteiger partial charge in [-0.25, -0.2) is 8.42 Å². The Balaban J connectivity index is 0. The number of hydrogen-bond acceptors (Lipinski definition) is 6. The number of rotatable bonds is 8. The van der Waals surface area contributed by atoms with Crippen molar-refractivity contribution in [2.75, 3.05) is 38.6 Å². The van der Waals surface area contributed by atoms with Crippen molar-refractivity contribution in [3.63, 3.8) is 0 Å². The van der Waals surface area contributed by atoms with E-state index in [1.54, 1.807) is 4.90 Å². The van der Waals surface area contributed by atoms with Gasteiger partial charge in [0.15, 0.2) is 0 Å². The molecule has 0 aromatic rings. The van der Waals surface area contributed by atoms with Crippen LogP contribution >= 0.6 is 0 Å². The third-order valence-corrected chi connectivity index (χ3v) is 2.49. The molecule has 8 heteroatoms. The van der Waals surface area contributed by atoms with E-state index in [1.165, 1.54) is 0 Å². The van der Waals surface area contributed by atoms with Gasteiger partial charge in [-0.15, -0.1) is 0 Å². The average molecular weight is 249 g/mol. The van der Waals surface area contributed by atoms with Crippen molar-refractivity contribution in [2.45, 2.75) is 6.42 Å². The van der Waals surface area contributed by atoms with Crippen LogP contribution in [0.15, 0.2) is 0 Å². The molecule has 6 nitrogen and oxygen atoms in total. The summed E-state index contributed by atoms with van der Waals surface area (Å²) in [4.78, 5) is 1.70. The van der Waals surface area contributed by atoms with Crippen LogP contribution in [-0.2, 0) is 10.1 Å². The Morgan fingerprint density at radius 1 is 1.07 bits per heavy atom. The fourth-order valence-electron chi connectivity index (χ4n) is 1.08. The molecule has 0 bridgehead atoms. The van der Waals surface area contributed by atoms with Crippen molar-refractivity contribution >= 4 is 10.1 Å². The summed E-state index contributed by atoms with van der Waals surface area (Å²) < 4.78 is 30.8. The molecule has 0 saturated heterocycles. The first-order valence-corrected chi connectivity index (χ1v) is 5.95. The van der Waals surface area contributed by atoms with Crippen LogP contribution in [0.1, 0.15) is 6.42 Å². The second-order valence-electron chi connectivity index (χ2n) is 2.90. The maximum absolute atomic E-state index is 10.3. The Kier molecular flexibility index (Phi) is 12.1. The normalized spacial score (nSPS) is 11.5. The van der Waals surface area contributed by atoms with E-state index < -0.39 is 15.9 Å². The molecule has 0 radical (unpaired) electrons. The van der Waals surface area contributed by atoms with Gasteiger partial charge < -0.3 is 14.8 Å². The number of hydrogen-bond donors (Lipinski definition) is 2. The Bertz CT molecular complexity index is 228. The summed E-state index contributed by atoms with van der Waals surface area (Å²) in [7, 11) is -4.15. The molecular formula is C7H16NNaO5S. The summed E-state index contributed by atoms with van der Waals surface area (Å²) in [6, 6.07) is 0. The summed E-state index contributed by atoms with van der Waals surface area (Å²) in [5.41, 5.74) is 0. The van der Waals surface area contributed by atoms with Gasteiger partial charge in [0.25, 0.3) is 0 Å². The predicted molar refractivity (Wildman–Crippen MR) is 49.8 cm³/mol. The fraction of sp³-hybridized carbons (Fsp3) is 1.00. The Hall–Kier alpha value is 0.790. The zero-order chi connectivity index (χ0) is 11.0. The van der Waals surface area contributed by atoms with Crippen LogP contribution in [0.3, 0.4) is 0 Å². The van der Waals surface area contributed by atoms with Gasteiger partial charge in [0.2, 0.25) is 0 Å². The summed E-state index contributed by atoms with van der Waals surface area (Å²) in [5, 5.41) is 17.2. The van der Waals surface area contributed by atoms with Crippen LogP contribution < -0.4 is 29.6 Å². The third-order valence-electron chi connectivity index (χ3n) is 1.70. The van der Waals surface area contributed by atoms with Gasteiger partial charge in [-0.2, -0.15) is 0 Å². The predicted octanol–water partition coefficient (Wildman–Crippen LogP) is -4.79.